The highest BCUT2D eigenvalue weighted by Gasteiger charge is 2.27. The Balaban J connectivity index is 1.46. The predicted octanol–water partition coefficient (Wildman–Crippen LogP) is 3.35. The van der Waals surface area contributed by atoms with Crippen LogP contribution in [0.5, 0.6) is 0 Å². The maximum absolute atomic E-state index is 12.5. The molecular formula is C20H29N3O3. The van der Waals surface area contributed by atoms with Gasteiger partial charge in [-0.15, -0.1) is 0 Å². The molecule has 142 valence electrons. The van der Waals surface area contributed by atoms with Gasteiger partial charge in [-0.3, -0.25) is 4.90 Å². The Morgan fingerprint density at radius 3 is 2.35 bits per heavy atom. The van der Waals surface area contributed by atoms with Crippen LogP contribution >= 0.6 is 0 Å². The SMILES string of the molecule is CCCOC(=O)c1ccc(NC(=O)N2CCN(C3CCCC3)CC2)cc1. The number of piperazine rings is 1. The summed E-state index contributed by atoms with van der Waals surface area (Å²) in [5.74, 6) is -0.326. The monoisotopic (exact) mass is 359 g/mol. The molecule has 3 rings (SSSR count). The van der Waals surface area contributed by atoms with Gasteiger partial charge in [0.25, 0.3) is 0 Å². The van der Waals surface area contributed by atoms with Crippen molar-refractivity contribution in [2.75, 3.05) is 38.1 Å². The lowest BCUT2D eigenvalue weighted by Gasteiger charge is -2.38. The van der Waals surface area contributed by atoms with Gasteiger partial charge in [0.1, 0.15) is 0 Å². The summed E-state index contributed by atoms with van der Waals surface area (Å²) in [7, 11) is 0. The Kier molecular flexibility index (Phi) is 6.50. The maximum atomic E-state index is 12.5. The van der Waals surface area contributed by atoms with Crippen LogP contribution in [0.3, 0.4) is 0 Å². The van der Waals surface area contributed by atoms with Crippen LogP contribution in [0.4, 0.5) is 10.5 Å². The first-order valence-corrected chi connectivity index (χ1v) is 9.74. The molecule has 2 amide bonds. The lowest BCUT2D eigenvalue weighted by atomic mass is 10.2. The van der Waals surface area contributed by atoms with E-state index in [1.807, 2.05) is 11.8 Å². The smallest absolute Gasteiger partial charge is 0.338 e. The molecule has 1 aromatic carbocycles. The number of urea groups is 1. The summed E-state index contributed by atoms with van der Waals surface area (Å²) in [6, 6.07) is 7.51. The number of carbonyl (C=O) groups excluding carboxylic acids is 2. The first-order valence-electron chi connectivity index (χ1n) is 9.74. The van der Waals surface area contributed by atoms with Crippen molar-refractivity contribution in [1.29, 1.82) is 0 Å². The fourth-order valence-electron chi connectivity index (χ4n) is 3.73. The first-order chi connectivity index (χ1) is 12.7. The van der Waals surface area contributed by atoms with Crippen molar-refractivity contribution in [3.8, 4) is 0 Å². The van der Waals surface area contributed by atoms with Gasteiger partial charge in [0, 0.05) is 37.9 Å². The van der Waals surface area contributed by atoms with E-state index < -0.39 is 0 Å². The average molecular weight is 359 g/mol. The number of hydrogen-bond donors (Lipinski definition) is 1. The minimum absolute atomic E-state index is 0.0719. The number of benzene rings is 1. The lowest BCUT2D eigenvalue weighted by Crippen LogP contribution is -2.52. The van der Waals surface area contributed by atoms with Crippen molar-refractivity contribution in [2.24, 2.45) is 0 Å². The van der Waals surface area contributed by atoms with Crippen LogP contribution in [0.25, 0.3) is 0 Å². The number of rotatable bonds is 5. The summed E-state index contributed by atoms with van der Waals surface area (Å²) in [6.07, 6.45) is 6.09. The summed E-state index contributed by atoms with van der Waals surface area (Å²) in [4.78, 5) is 28.7. The average Bonchev–Trinajstić information content (AvgIpc) is 3.21. The van der Waals surface area contributed by atoms with Crippen molar-refractivity contribution >= 4 is 17.7 Å². The van der Waals surface area contributed by atoms with Crippen LogP contribution in [0.2, 0.25) is 0 Å². The van der Waals surface area contributed by atoms with Crippen LogP contribution in [-0.2, 0) is 4.74 Å². The largest absolute Gasteiger partial charge is 0.462 e. The third-order valence-corrected chi connectivity index (χ3v) is 5.25. The molecule has 26 heavy (non-hydrogen) atoms. The third kappa shape index (κ3) is 4.75. The third-order valence-electron chi connectivity index (χ3n) is 5.25. The minimum atomic E-state index is -0.326. The van der Waals surface area contributed by atoms with Gasteiger partial charge >= 0.3 is 12.0 Å². The number of nitrogens with one attached hydrogen (secondary N) is 1. The van der Waals surface area contributed by atoms with Gasteiger partial charge in [-0.1, -0.05) is 19.8 Å². The van der Waals surface area contributed by atoms with Crippen LogP contribution in [0.15, 0.2) is 24.3 Å². The van der Waals surface area contributed by atoms with Gasteiger partial charge in [0.2, 0.25) is 0 Å². The van der Waals surface area contributed by atoms with E-state index in [0.29, 0.717) is 17.9 Å². The van der Waals surface area contributed by atoms with Gasteiger partial charge in [0.15, 0.2) is 0 Å². The van der Waals surface area contributed by atoms with Crippen molar-refractivity contribution in [1.82, 2.24) is 9.80 Å². The predicted molar refractivity (Wildman–Crippen MR) is 101 cm³/mol. The van der Waals surface area contributed by atoms with E-state index in [-0.39, 0.29) is 12.0 Å². The number of carbonyl (C=O) groups is 2. The minimum Gasteiger partial charge on any atom is -0.462 e. The van der Waals surface area contributed by atoms with Crippen molar-refractivity contribution in [2.45, 2.75) is 45.1 Å². The highest BCUT2D eigenvalue weighted by Crippen LogP contribution is 2.24. The Labute approximate surface area is 155 Å². The highest BCUT2D eigenvalue weighted by molar-refractivity contribution is 5.92. The fourth-order valence-corrected chi connectivity index (χ4v) is 3.73. The molecule has 0 unspecified atom stereocenters. The molecule has 0 spiro atoms. The van der Waals surface area contributed by atoms with Gasteiger partial charge in [-0.05, 0) is 43.5 Å². The molecule has 1 saturated heterocycles. The van der Waals surface area contributed by atoms with Crippen LogP contribution in [0.1, 0.15) is 49.4 Å². The highest BCUT2D eigenvalue weighted by atomic mass is 16.5. The second-order valence-electron chi connectivity index (χ2n) is 7.10. The summed E-state index contributed by atoms with van der Waals surface area (Å²) in [6.45, 7) is 5.83. The normalized spacial score (nSPS) is 18.7. The van der Waals surface area contributed by atoms with E-state index >= 15 is 0 Å². The van der Waals surface area contributed by atoms with Gasteiger partial charge < -0.3 is 15.0 Å². The van der Waals surface area contributed by atoms with Crippen molar-refractivity contribution in [3.63, 3.8) is 0 Å². The second kappa shape index (κ2) is 9.03. The zero-order valence-corrected chi connectivity index (χ0v) is 15.6. The lowest BCUT2D eigenvalue weighted by molar-refractivity contribution is 0.0505. The molecule has 6 nitrogen and oxygen atoms in total. The molecule has 1 heterocycles. The topological polar surface area (TPSA) is 61.9 Å². The van der Waals surface area contributed by atoms with E-state index in [1.165, 1.54) is 25.7 Å². The summed E-state index contributed by atoms with van der Waals surface area (Å²) >= 11 is 0. The van der Waals surface area contributed by atoms with Gasteiger partial charge in [-0.25, -0.2) is 9.59 Å². The number of ether oxygens (including phenoxy) is 1. The zero-order chi connectivity index (χ0) is 18.4. The number of amides is 2. The first kappa shape index (κ1) is 18.7. The standard InChI is InChI=1S/C20H29N3O3/c1-2-15-26-19(24)16-7-9-17(10-8-16)21-20(25)23-13-11-22(12-14-23)18-5-3-4-6-18/h7-10,18H,2-6,11-15H2,1H3,(H,21,25). The summed E-state index contributed by atoms with van der Waals surface area (Å²) in [5, 5.41) is 2.92. The fraction of sp³-hybridized carbons (Fsp3) is 0.600. The van der Waals surface area contributed by atoms with E-state index in [2.05, 4.69) is 10.2 Å². The molecule has 0 bridgehead atoms. The number of anilines is 1. The molecule has 2 fully saturated rings. The molecule has 1 aromatic rings. The van der Waals surface area contributed by atoms with E-state index in [9.17, 15) is 9.59 Å². The van der Waals surface area contributed by atoms with Crippen molar-refractivity contribution in [3.05, 3.63) is 29.8 Å². The van der Waals surface area contributed by atoms with E-state index in [0.717, 1.165) is 38.6 Å². The van der Waals surface area contributed by atoms with Crippen LogP contribution in [0, 0.1) is 0 Å². The molecule has 1 N–H and O–H groups in total. The Hall–Kier alpha value is -2.08. The molecule has 6 heteroatoms. The van der Waals surface area contributed by atoms with Crippen molar-refractivity contribution < 1.29 is 14.3 Å². The molecular weight excluding hydrogens is 330 g/mol. The molecule has 1 saturated carbocycles. The van der Waals surface area contributed by atoms with E-state index in [1.54, 1.807) is 24.3 Å². The number of nitrogens with zero attached hydrogens (tertiary/aromatic N) is 2. The Morgan fingerprint density at radius 1 is 1.08 bits per heavy atom. The Morgan fingerprint density at radius 2 is 1.73 bits per heavy atom. The molecule has 2 aliphatic rings. The summed E-state index contributed by atoms with van der Waals surface area (Å²) < 4.78 is 5.11. The molecule has 1 aliphatic heterocycles. The van der Waals surface area contributed by atoms with Gasteiger partial charge in [-0.2, -0.15) is 0 Å². The van der Waals surface area contributed by atoms with Crippen LogP contribution < -0.4 is 5.32 Å². The molecule has 0 radical (unpaired) electrons. The summed E-state index contributed by atoms with van der Waals surface area (Å²) in [5.41, 5.74) is 1.20. The maximum Gasteiger partial charge on any atom is 0.338 e. The Bertz CT molecular complexity index is 603. The molecule has 0 atom stereocenters. The quantitative estimate of drug-likeness (QED) is 0.819. The van der Waals surface area contributed by atoms with Gasteiger partial charge in [0.05, 0.1) is 12.2 Å². The van der Waals surface area contributed by atoms with Crippen LogP contribution in [-0.4, -0.2) is 60.6 Å². The zero-order valence-electron chi connectivity index (χ0n) is 15.6. The number of esters is 1. The molecule has 0 aromatic heterocycles. The molecule has 1 aliphatic carbocycles. The second-order valence-corrected chi connectivity index (χ2v) is 7.10. The number of hydrogen-bond acceptors (Lipinski definition) is 4. The van der Waals surface area contributed by atoms with E-state index in [4.69, 9.17) is 4.74 Å².